The molecular formula is C24H20F2N4O5S2. The van der Waals surface area contributed by atoms with Gasteiger partial charge in [-0.25, -0.2) is 35.3 Å². The van der Waals surface area contributed by atoms with Gasteiger partial charge in [-0.2, -0.15) is 0 Å². The van der Waals surface area contributed by atoms with Crippen LogP contribution >= 0.6 is 0 Å². The molecule has 0 aliphatic carbocycles. The van der Waals surface area contributed by atoms with Gasteiger partial charge in [0.25, 0.3) is 0 Å². The summed E-state index contributed by atoms with van der Waals surface area (Å²) in [7, 11) is -8.33. The molecule has 0 spiro atoms. The first-order chi connectivity index (χ1) is 17.5. The average Bonchev–Trinajstić information content (AvgIpc) is 3.40. The van der Waals surface area contributed by atoms with Gasteiger partial charge in [0.2, 0.25) is 26.0 Å². The van der Waals surface area contributed by atoms with Crippen molar-refractivity contribution in [2.75, 3.05) is 0 Å². The van der Waals surface area contributed by atoms with E-state index >= 15 is 0 Å². The third kappa shape index (κ3) is 5.10. The SMILES string of the molecule is O=C1CC(c2ccc(C[C@H](NS(=O)(=O)c3cc(F)ccc3F)c3nc4ccccc4[nH]3)cc2)S(=O)(=O)N1. The molecule has 37 heavy (non-hydrogen) atoms. The summed E-state index contributed by atoms with van der Waals surface area (Å²) in [4.78, 5) is 18.2. The van der Waals surface area contributed by atoms with Gasteiger partial charge in [-0.15, -0.1) is 0 Å². The highest BCUT2D eigenvalue weighted by Crippen LogP contribution is 2.31. The van der Waals surface area contributed by atoms with E-state index in [9.17, 15) is 30.4 Å². The fourth-order valence-corrected chi connectivity index (χ4v) is 6.93. The van der Waals surface area contributed by atoms with Crippen LogP contribution in [-0.2, 0) is 31.3 Å². The van der Waals surface area contributed by atoms with Crippen LogP contribution in [0.15, 0.2) is 71.6 Å². The number of carbonyl (C=O) groups excluding carboxylic acids is 1. The number of amides is 1. The lowest BCUT2D eigenvalue weighted by Gasteiger charge is -2.18. The Morgan fingerprint density at radius 2 is 1.78 bits per heavy atom. The minimum atomic E-state index is -4.51. The number of sulfonamides is 2. The van der Waals surface area contributed by atoms with Crippen LogP contribution in [0.5, 0.6) is 0 Å². The van der Waals surface area contributed by atoms with Crippen LogP contribution in [0.1, 0.15) is 34.7 Å². The summed E-state index contributed by atoms with van der Waals surface area (Å²) in [5, 5.41) is -1.02. The summed E-state index contributed by atoms with van der Waals surface area (Å²) in [6, 6.07) is 14.5. The highest BCUT2D eigenvalue weighted by atomic mass is 32.2. The first kappa shape index (κ1) is 25.0. The van der Waals surface area contributed by atoms with Crippen molar-refractivity contribution in [3.8, 4) is 0 Å². The van der Waals surface area contributed by atoms with Crippen molar-refractivity contribution in [1.29, 1.82) is 0 Å². The van der Waals surface area contributed by atoms with E-state index in [1.165, 1.54) is 0 Å². The zero-order valence-electron chi connectivity index (χ0n) is 19.0. The molecule has 1 aliphatic rings. The Morgan fingerprint density at radius 3 is 2.46 bits per heavy atom. The van der Waals surface area contributed by atoms with Gasteiger partial charge < -0.3 is 4.98 Å². The van der Waals surface area contributed by atoms with Crippen molar-refractivity contribution in [3.05, 3.63) is 95.3 Å². The number of benzene rings is 3. The molecule has 1 saturated heterocycles. The third-order valence-corrected chi connectivity index (χ3v) is 9.20. The molecule has 2 heterocycles. The van der Waals surface area contributed by atoms with E-state index in [2.05, 4.69) is 14.7 Å². The predicted molar refractivity (Wildman–Crippen MR) is 130 cm³/mol. The Hall–Kier alpha value is -3.68. The molecule has 2 atom stereocenters. The van der Waals surface area contributed by atoms with Crippen molar-refractivity contribution < 1.29 is 30.4 Å². The second-order valence-electron chi connectivity index (χ2n) is 8.60. The van der Waals surface area contributed by atoms with Gasteiger partial charge in [-0.1, -0.05) is 36.4 Å². The first-order valence-corrected chi connectivity index (χ1v) is 14.1. The van der Waals surface area contributed by atoms with E-state index in [1.807, 2.05) is 4.72 Å². The maximum atomic E-state index is 14.3. The Bertz CT molecular complexity index is 1690. The highest BCUT2D eigenvalue weighted by molar-refractivity contribution is 7.90. The number of nitrogens with one attached hydrogen (secondary N) is 3. The molecule has 1 aliphatic heterocycles. The fraction of sp³-hybridized carbons (Fsp3) is 0.167. The van der Waals surface area contributed by atoms with E-state index < -0.39 is 53.8 Å². The summed E-state index contributed by atoms with van der Waals surface area (Å²) >= 11 is 0. The molecule has 1 aromatic heterocycles. The quantitative estimate of drug-likeness (QED) is 0.326. The highest BCUT2D eigenvalue weighted by Gasteiger charge is 2.37. The molecule has 0 radical (unpaired) electrons. The van der Waals surface area contributed by atoms with Gasteiger partial charge in [0, 0.05) is 0 Å². The summed E-state index contributed by atoms with van der Waals surface area (Å²) in [5.41, 5.74) is 2.24. The van der Waals surface area contributed by atoms with Gasteiger partial charge in [-0.05, 0) is 47.9 Å². The molecule has 5 rings (SSSR count). The number of rotatable bonds is 7. The van der Waals surface area contributed by atoms with E-state index in [-0.39, 0.29) is 18.7 Å². The second kappa shape index (κ2) is 9.32. The van der Waals surface area contributed by atoms with Crippen LogP contribution in [0.2, 0.25) is 0 Å². The van der Waals surface area contributed by atoms with Crippen molar-refractivity contribution >= 4 is 37.0 Å². The number of aromatic nitrogens is 2. The number of hydrogen-bond acceptors (Lipinski definition) is 6. The Labute approximate surface area is 211 Å². The third-order valence-electron chi connectivity index (χ3n) is 6.01. The lowest BCUT2D eigenvalue weighted by atomic mass is 10.0. The smallest absolute Gasteiger partial charge is 0.244 e. The van der Waals surface area contributed by atoms with Crippen LogP contribution in [0, 0.1) is 11.6 Å². The number of halogens is 2. The number of para-hydroxylation sites is 2. The topological polar surface area (TPSA) is 138 Å². The van der Waals surface area contributed by atoms with Crippen LogP contribution in [-0.4, -0.2) is 32.7 Å². The molecular weight excluding hydrogens is 526 g/mol. The van der Waals surface area contributed by atoms with E-state index in [4.69, 9.17) is 0 Å². The maximum Gasteiger partial charge on any atom is 0.244 e. The van der Waals surface area contributed by atoms with Crippen molar-refractivity contribution in [2.45, 2.75) is 29.0 Å². The van der Waals surface area contributed by atoms with Crippen LogP contribution in [0.4, 0.5) is 8.78 Å². The van der Waals surface area contributed by atoms with E-state index in [0.29, 0.717) is 28.2 Å². The summed E-state index contributed by atoms with van der Waals surface area (Å²) in [5.74, 6) is -2.35. The number of imidazole rings is 1. The maximum absolute atomic E-state index is 14.3. The molecule has 3 aromatic carbocycles. The minimum Gasteiger partial charge on any atom is -0.341 e. The molecule has 0 saturated carbocycles. The molecule has 1 amide bonds. The number of hydrogen-bond donors (Lipinski definition) is 3. The molecule has 13 heteroatoms. The Morgan fingerprint density at radius 1 is 1.05 bits per heavy atom. The lowest BCUT2D eigenvalue weighted by molar-refractivity contribution is -0.118. The van der Waals surface area contributed by atoms with Gasteiger partial charge in [-0.3, -0.25) is 9.52 Å². The van der Waals surface area contributed by atoms with Crippen molar-refractivity contribution in [2.24, 2.45) is 0 Å². The molecule has 3 N–H and O–H groups in total. The Kier molecular flexibility index (Phi) is 6.30. The number of nitrogens with zero attached hydrogens (tertiary/aromatic N) is 1. The zero-order chi connectivity index (χ0) is 26.4. The van der Waals surface area contributed by atoms with Gasteiger partial charge in [0.1, 0.15) is 27.6 Å². The number of carbonyl (C=O) groups is 1. The van der Waals surface area contributed by atoms with Gasteiger partial charge >= 0.3 is 0 Å². The molecule has 4 aromatic rings. The number of H-pyrrole nitrogens is 1. The van der Waals surface area contributed by atoms with E-state index in [0.717, 1.165) is 12.1 Å². The van der Waals surface area contributed by atoms with Gasteiger partial charge in [0.05, 0.1) is 23.5 Å². The zero-order valence-corrected chi connectivity index (χ0v) is 20.6. The van der Waals surface area contributed by atoms with E-state index in [1.54, 1.807) is 48.5 Å². The fourth-order valence-electron chi connectivity index (χ4n) is 4.22. The molecule has 1 fully saturated rings. The van der Waals surface area contributed by atoms with Crippen LogP contribution in [0.3, 0.4) is 0 Å². The summed E-state index contributed by atoms with van der Waals surface area (Å²) in [6.07, 6.45) is -0.146. The second-order valence-corrected chi connectivity index (χ2v) is 12.1. The van der Waals surface area contributed by atoms with Crippen LogP contribution < -0.4 is 9.44 Å². The van der Waals surface area contributed by atoms with Crippen molar-refractivity contribution in [3.63, 3.8) is 0 Å². The van der Waals surface area contributed by atoms with Crippen molar-refractivity contribution in [1.82, 2.24) is 19.4 Å². The number of fused-ring (bicyclic) bond motifs is 1. The monoisotopic (exact) mass is 546 g/mol. The molecule has 0 bridgehead atoms. The predicted octanol–water partition coefficient (Wildman–Crippen LogP) is 2.99. The standard InChI is InChI=1S/C24H20F2N4O5S2/c25-16-9-10-17(26)22(12-16)37(34,35)29-20(24-27-18-3-1-2-4-19(18)28-24)11-14-5-7-15(8-6-14)21-13-23(31)30-36(21,32)33/h1-10,12,20-21,29H,11,13H2,(H,27,28)(H,30,31)/t20-,21?/m0/s1. The Balaban J connectivity index is 1.48. The average molecular weight is 547 g/mol. The lowest BCUT2D eigenvalue weighted by Crippen LogP contribution is -2.31. The number of aromatic amines is 1. The van der Waals surface area contributed by atoms with Crippen LogP contribution in [0.25, 0.3) is 11.0 Å². The molecule has 192 valence electrons. The summed E-state index contributed by atoms with van der Waals surface area (Å²) in [6.45, 7) is 0. The van der Waals surface area contributed by atoms with Gasteiger partial charge in [0.15, 0.2) is 0 Å². The summed E-state index contributed by atoms with van der Waals surface area (Å²) < 4.78 is 82.9. The minimum absolute atomic E-state index is 0.0465. The normalized spacial score (nSPS) is 18.1. The molecule has 9 nitrogen and oxygen atoms in total. The first-order valence-electron chi connectivity index (χ1n) is 11.1. The largest absolute Gasteiger partial charge is 0.341 e. The molecule has 1 unspecified atom stereocenters.